The van der Waals surface area contributed by atoms with E-state index in [1.807, 2.05) is 0 Å². The molecule has 0 aliphatic rings. The fourth-order valence-corrected chi connectivity index (χ4v) is 2.76. The minimum atomic E-state index is 1.01. The second kappa shape index (κ2) is 4.89. The molecule has 0 fully saturated rings. The molecule has 3 rings (SSSR count). The van der Waals surface area contributed by atoms with Crippen molar-refractivity contribution in [3.8, 4) is 0 Å². The van der Waals surface area contributed by atoms with Gasteiger partial charge in [0.2, 0.25) is 0 Å². The highest BCUT2D eigenvalue weighted by Gasteiger charge is 2.00. The quantitative estimate of drug-likeness (QED) is 0.593. The molecule has 94 valence electrons. The molecule has 0 N–H and O–H groups in total. The highest BCUT2D eigenvalue weighted by Crippen LogP contribution is 2.19. The van der Waals surface area contributed by atoms with Gasteiger partial charge in [0, 0.05) is 0 Å². The van der Waals surface area contributed by atoms with Crippen LogP contribution in [0.2, 0.25) is 0 Å². The van der Waals surface area contributed by atoms with Crippen LogP contribution in [-0.2, 0) is 6.42 Å². The molecule has 0 heteroatoms. The summed E-state index contributed by atoms with van der Waals surface area (Å²) >= 11 is 0. The normalized spacial score (nSPS) is 10.8. The van der Waals surface area contributed by atoms with Crippen LogP contribution in [0.5, 0.6) is 0 Å². The van der Waals surface area contributed by atoms with Gasteiger partial charge in [0.15, 0.2) is 0 Å². The molecule has 0 atom stereocenters. The number of fused-ring (bicyclic) bond motifs is 1. The highest BCUT2D eigenvalue weighted by atomic mass is 14.1. The van der Waals surface area contributed by atoms with E-state index in [9.17, 15) is 0 Å². The Hall–Kier alpha value is -2.08. The van der Waals surface area contributed by atoms with Crippen molar-refractivity contribution in [2.24, 2.45) is 0 Å². The molecular weight excluding hydrogens is 228 g/mol. The second-order valence-electron chi connectivity index (χ2n) is 5.35. The third-order valence-corrected chi connectivity index (χ3v) is 3.50. The lowest BCUT2D eigenvalue weighted by molar-refractivity contribution is 1.17. The zero-order chi connectivity index (χ0) is 13.2. The van der Waals surface area contributed by atoms with E-state index in [-0.39, 0.29) is 0 Å². The largest absolute Gasteiger partial charge is 0.0616 e. The predicted octanol–water partition coefficient (Wildman–Crippen LogP) is 5.05. The van der Waals surface area contributed by atoms with E-state index in [4.69, 9.17) is 0 Å². The van der Waals surface area contributed by atoms with Gasteiger partial charge in [-0.05, 0) is 42.2 Å². The number of rotatable bonds is 2. The van der Waals surface area contributed by atoms with Crippen LogP contribution >= 0.6 is 0 Å². The van der Waals surface area contributed by atoms with E-state index in [0.717, 1.165) is 6.42 Å². The Morgan fingerprint density at radius 2 is 1.32 bits per heavy atom. The zero-order valence-electron chi connectivity index (χ0n) is 11.5. The first-order valence-corrected chi connectivity index (χ1v) is 6.75. The number of hydrogen-bond donors (Lipinski definition) is 0. The average Bonchev–Trinajstić information content (AvgIpc) is 2.37. The molecule has 0 amide bonds. The summed E-state index contributed by atoms with van der Waals surface area (Å²) in [6.45, 7) is 4.33. The van der Waals surface area contributed by atoms with Gasteiger partial charge in [-0.15, -0.1) is 0 Å². The van der Waals surface area contributed by atoms with Crippen LogP contribution in [-0.4, -0.2) is 0 Å². The molecule has 0 aliphatic heterocycles. The number of aryl methyl sites for hydroxylation is 2. The molecule has 0 bridgehead atoms. The minimum Gasteiger partial charge on any atom is -0.0616 e. The van der Waals surface area contributed by atoms with Gasteiger partial charge < -0.3 is 0 Å². The Morgan fingerprint density at radius 3 is 2.05 bits per heavy atom. The van der Waals surface area contributed by atoms with Crippen LogP contribution in [0.3, 0.4) is 0 Å². The van der Waals surface area contributed by atoms with E-state index < -0.39 is 0 Å². The average molecular weight is 246 g/mol. The first-order chi connectivity index (χ1) is 9.20. The third-order valence-electron chi connectivity index (χ3n) is 3.50. The summed E-state index contributed by atoms with van der Waals surface area (Å²) in [5.74, 6) is 0. The lowest BCUT2D eigenvalue weighted by atomic mass is 9.99. The summed E-state index contributed by atoms with van der Waals surface area (Å²) < 4.78 is 0. The van der Waals surface area contributed by atoms with E-state index in [2.05, 4.69) is 74.5 Å². The first kappa shape index (κ1) is 12.0. The Labute approximate surface area is 114 Å². The lowest BCUT2D eigenvalue weighted by Gasteiger charge is -2.07. The molecule has 0 unspecified atom stereocenters. The Bertz CT molecular complexity index is 703. The summed E-state index contributed by atoms with van der Waals surface area (Å²) in [6.07, 6.45) is 1.01. The molecule has 3 aromatic rings. The fraction of sp³-hybridized carbons (Fsp3) is 0.158. The SMILES string of the molecule is Cc1cc(C)cc(Cc2ccc3ccccc3c2)c1. The van der Waals surface area contributed by atoms with Crippen LogP contribution < -0.4 is 0 Å². The highest BCUT2D eigenvalue weighted by molar-refractivity contribution is 5.83. The smallest absolute Gasteiger partial charge is 0.00254 e. The van der Waals surface area contributed by atoms with Crippen LogP contribution in [0.25, 0.3) is 10.8 Å². The molecular formula is C19H18. The molecule has 0 aromatic heterocycles. The van der Waals surface area contributed by atoms with Gasteiger partial charge in [-0.3, -0.25) is 0 Å². The predicted molar refractivity (Wildman–Crippen MR) is 82.7 cm³/mol. The van der Waals surface area contributed by atoms with Gasteiger partial charge in [0.1, 0.15) is 0 Å². The zero-order valence-corrected chi connectivity index (χ0v) is 11.5. The van der Waals surface area contributed by atoms with Crippen LogP contribution in [0.4, 0.5) is 0 Å². The van der Waals surface area contributed by atoms with Crippen molar-refractivity contribution in [1.82, 2.24) is 0 Å². The first-order valence-electron chi connectivity index (χ1n) is 6.75. The van der Waals surface area contributed by atoms with Crippen molar-refractivity contribution < 1.29 is 0 Å². The van der Waals surface area contributed by atoms with Crippen LogP contribution in [0.15, 0.2) is 60.7 Å². The van der Waals surface area contributed by atoms with Crippen LogP contribution in [0.1, 0.15) is 22.3 Å². The van der Waals surface area contributed by atoms with Crippen LogP contribution in [0, 0.1) is 13.8 Å². The Kier molecular flexibility index (Phi) is 3.08. The lowest BCUT2D eigenvalue weighted by Crippen LogP contribution is -1.90. The topological polar surface area (TPSA) is 0 Å². The molecule has 0 heterocycles. The van der Waals surface area contributed by atoms with Crippen molar-refractivity contribution >= 4 is 10.8 Å². The molecule has 0 saturated carbocycles. The summed E-state index contributed by atoms with van der Waals surface area (Å²) in [5.41, 5.74) is 5.46. The molecule has 0 radical (unpaired) electrons. The molecule has 0 saturated heterocycles. The van der Waals surface area contributed by atoms with Crippen molar-refractivity contribution in [2.45, 2.75) is 20.3 Å². The maximum absolute atomic E-state index is 2.30. The second-order valence-corrected chi connectivity index (χ2v) is 5.35. The maximum Gasteiger partial charge on any atom is -0.00254 e. The van der Waals surface area contributed by atoms with Crippen molar-refractivity contribution in [3.63, 3.8) is 0 Å². The van der Waals surface area contributed by atoms with Crippen molar-refractivity contribution in [3.05, 3.63) is 82.9 Å². The minimum absolute atomic E-state index is 1.01. The van der Waals surface area contributed by atoms with Crippen molar-refractivity contribution in [2.75, 3.05) is 0 Å². The van der Waals surface area contributed by atoms with Gasteiger partial charge in [0.05, 0.1) is 0 Å². The molecule has 0 aliphatic carbocycles. The standard InChI is InChI=1S/C19H18/c1-14-9-15(2)11-17(10-14)12-16-7-8-18-5-3-4-6-19(18)13-16/h3-11,13H,12H2,1-2H3. The van der Waals surface area contributed by atoms with Gasteiger partial charge in [-0.2, -0.15) is 0 Å². The summed E-state index contributed by atoms with van der Waals surface area (Å²) in [4.78, 5) is 0. The fourth-order valence-electron chi connectivity index (χ4n) is 2.76. The number of hydrogen-bond acceptors (Lipinski definition) is 0. The molecule has 0 spiro atoms. The van der Waals surface area contributed by atoms with E-state index >= 15 is 0 Å². The van der Waals surface area contributed by atoms with E-state index in [0.29, 0.717) is 0 Å². The van der Waals surface area contributed by atoms with Gasteiger partial charge in [0.25, 0.3) is 0 Å². The van der Waals surface area contributed by atoms with Crippen molar-refractivity contribution in [1.29, 1.82) is 0 Å². The van der Waals surface area contributed by atoms with Gasteiger partial charge in [-0.25, -0.2) is 0 Å². The Balaban J connectivity index is 1.96. The van der Waals surface area contributed by atoms with Gasteiger partial charge in [-0.1, -0.05) is 71.8 Å². The third kappa shape index (κ3) is 2.68. The summed E-state index contributed by atoms with van der Waals surface area (Å²) in [7, 11) is 0. The van der Waals surface area contributed by atoms with E-state index in [1.54, 1.807) is 0 Å². The van der Waals surface area contributed by atoms with Gasteiger partial charge >= 0.3 is 0 Å². The molecule has 19 heavy (non-hydrogen) atoms. The summed E-state index contributed by atoms with van der Waals surface area (Å²) in [6, 6.07) is 22.1. The molecule has 0 nitrogen and oxygen atoms in total. The Morgan fingerprint density at radius 1 is 0.632 bits per heavy atom. The maximum atomic E-state index is 2.30. The monoisotopic (exact) mass is 246 g/mol. The molecule has 3 aromatic carbocycles. The summed E-state index contributed by atoms with van der Waals surface area (Å²) in [5, 5.41) is 2.64. The van der Waals surface area contributed by atoms with E-state index in [1.165, 1.54) is 33.0 Å². The number of benzene rings is 3.